The topological polar surface area (TPSA) is 78.3 Å². The minimum atomic E-state index is -0.448. The number of ether oxygens (including phenoxy) is 2. The number of allylic oxidation sites excluding steroid dienone is 2. The lowest BCUT2D eigenvalue weighted by Gasteiger charge is -2.32. The van der Waals surface area contributed by atoms with Crippen LogP contribution in [-0.2, 0) is 10.5 Å². The number of nitrogens with zero attached hydrogens (tertiary/aromatic N) is 3. The fourth-order valence-electron chi connectivity index (χ4n) is 4.30. The van der Waals surface area contributed by atoms with Crippen molar-refractivity contribution >= 4 is 35.1 Å². The summed E-state index contributed by atoms with van der Waals surface area (Å²) in [7, 11) is 3.24. The van der Waals surface area contributed by atoms with Gasteiger partial charge in [0, 0.05) is 34.0 Å². The number of anilines is 1. The number of benzene rings is 2. The van der Waals surface area contributed by atoms with Gasteiger partial charge in [0.1, 0.15) is 17.5 Å². The molecule has 0 fully saturated rings. The molecule has 0 radical (unpaired) electrons. The molecule has 0 spiro atoms. The van der Waals surface area contributed by atoms with Crippen molar-refractivity contribution in [1.82, 2.24) is 14.8 Å². The van der Waals surface area contributed by atoms with Gasteiger partial charge in [0.25, 0.3) is 0 Å². The summed E-state index contributed by atoms with van der Waals surface area (Å²) in [5.74, 6) is 2.72. The fourth-order valence-corrected chi connectivity index (χ4v) is 5.41. The number of nitrogens with one attached hydrogen (secondary N) is 1. The molecule has 2 heterocycles. The lowest BCUT2D eigenvalue weighted by Crippen LogP contribution is -2.31. The highest BCUT2D eigenvalue weighted by molar-refractivity contribution is 7.98. The molecule has 0 saturated heterocycles. The Balaban J connectivity index is 1.57. The Kier molecular flexibility index (Phi) is 6.03. The molecule has 5 rings (SSSR count). The first-order chi connectivity index (χ1) is 16.1. The van der Waals surface area contributed by atoms with Crippen molar-refractivity contribution in [2.24, 2.45) is 0 Å². The molecular formula is C24H23ClN4O3S. The summed E-state index contributed by atoms with van der Waals surface area (Å²) < 4.78 is 12.9. The lowest BCUT2D eigenvalue weighted by atomic mass is 9.85. The van der Waals surface area contributed by atoms with Crippen LogP contribution in [0.1, 0.15) is 36.4 Å². The van der Waals surface area contributed by atoms with Crippen LogP contribution in [0, 0.1) is 0 Å². The Bertz CT molecular complexity index is 1260. The third-order valence-electron chi connectivity index (χ3n) is 5.89. The monoisotopic (exact) mass is 482 g/mol. The maximum Gasteiger partial charge on any atom is 0.227 e. The number of rotatable bonds is 6. The van der Waals surface area contributed by atoms with Gasteiger partial charge < -0.3 is 14.8 Å². The summed E-state index contributed by atoms with van der Waals surface area (Å²) in [5.41, 5.74) is 3.45. The zero-order valence-electron chi connectivity index (χ0n) is 18.3. The van der Waals surface area contributed by atoms with Gasteiger partial charge >= 0.3 is 0 Å². The Labute approximate surface area is 201 Å². The normalized spacial score (nSPS) is 17.3. The van der Waals surface area contributed by atoms with Crippen LogP contribution in [-0.4, -0.2) is 34.8 Å². The number of hydrogen-bond acceptors (Lipinski definition) is 7. The van der Waals surface area contributed by atoms with Gasteiger partial charge in [-0.15, -0.1) is 5.10 Å². The molecule has 2 aromatic carbocycles. The second-order valence-electron chi connectivity index (χ2n) is 7.85. The van der Waals surface area contributed by atoms with Crippen LogP contribution >= 0.6 is 23.4 Å². The average molecular weight is 483 g/mol. The van der Waals surface area contributed by atoms with E-state index in [0.29, 0.717) is 45.4 Å². The molecule has 0 saturated carbocycles. The minimum Gasteiger partial charge on any atom is -0.497 e. The standard InChI is InChI=1S/C24H23ClN4O3S/c1-31-15-10-11-20(32-2)16(12-15)22-21-18(8-5-9-19(21)30)26-23-27-24(28-29(22)23)33-13-14-6-3-4-7-17(14)25/h3-4,6-7,10-12,22H,5,8-9,13H2,1-2H3,(H,26,27,28). The molecule has 170 valence electrons. The van der Waals surface area contributed by atoms with Crippen molar-refractivity contribution in [3.05, 3.63) is 69.9 Å². The minimum absolute atomic E-state index is 0.116. The number of ketones is 1. The van der Waals surface area contributed by atoms with E-state index in [4.69, 9.17) is 31.2 Å². The largest absolute Gasteiger partial charge is 0.497 e. The Morgan fingerprint density at radius 2 is 2.03 bits per heavy atom. The molecule has 1 aromatic heterocycles. The average Bonchev–Trinajstić information content (AvgIpc) is 3.24. The van der Waals surface area contributed by atoms with Crippen LogP contribution in [0.15, 0.2) is 58.9 Å². The molecule has 1 aliphatic carbocycles. The highest BCUT2D eigenvalue weighted by atomic mass is 35.5. The van der Waals surface area contributed by atoms with Crippen molar-refractivity contribution in [3.63, 3.8) is 0 Å². The second kappa shape index (κ2) is 9.11. The molecule has 9 heteroatoms. The van der Waals surface area contributed by atoms with Gasteiger partial charge in [0.2, 0.25) is 11.1 Å². The molecule has 0 bridgehead atoms. The third kappa shape index (κ3) is 4.09. The quantitative estimate of drug-likeness (QED) is 0.480. The van der Waals surface area contributed by atoms with Crippen molar-refractivity contribution in [2.75, 3.05) is 19.5 Å². The maximum absolute atomic E-state index is 13.1. The van der Waals surface area contributed by atoms with E-state index in [1.165, 1.54) is 11.8 Å². The molecule has 1 aliphatic heterocycles. The molecule has 1 unspecified atom stereocenters. The summed E-state index contributed by atoms with van der Waals surface area (Å²) in [6, 6.07) is 12.9. The second-order valence-corrected chi connectivity index (χ2v) is 9.20. The van der Waals surface area contributed by atoms with Gasteiger partial charge in [-0.2, -0.15) is 4.98 Å². The molecule has 33 heavy (non-hydrogen) atoms. The number of hydrogen-bond donors (Lipinski definition) is 1. The SMILES string of the molecule is COc1ccc(OC)c(C2C3=C(CCCC3=O)Nc3nc(SCc4ccccc4Cl)nn32)c1. The predicted molar refractivity (Wildman–Crippen MR) is 128 cm³/mol. The molecule has 3 aromatic rings. The fraction of sp³-hybridized carbons (Fsp3) is 0.292. The number of fused-ring (bicyclic) bond motifs is 1. The zero-order chi connectivity index (χ0) is 22.9. The van der Waals surface area contributed by atoms with E-state index in [1.54, 1.807) is 18.9 Å². The van der Waals surface area contributed by atoms with E-state index in [2.05, 4.69) is 5.32 Å². The smallest absolute Gasteiger partial charge is 0.227 e. The first-order valence-corrected chi connectivity index (χ1v) is 12.0. The van der Waals surface area contributed by atoms with Crippen molar-refractivity contribution < 1.29 is 14.3 Å². The van der Waals surface area contributed by atoms with Gasteiger partial charge in [-0.05, 0) is 42.7 Å². The highest BCUT2D eigenvalue weighted by Crippen LogP contribution is 2.44. The molecule has 1 atom stereocenters. The molecule has 1 N–H and O–H groups in total. The predicted octanol–water partition coefficient (Wildman–Crippen LogP) is 5.26. The molecule has 2 aliphatic rings. The summed E-state index contributed by atoms with van der Waals surface area (Å²) in [6.45, 7) is 0. The highest BCUT2D eigenvalue weighted by Gasteiger charge is 2.38. The number of methoxy groups -OCH3 is 2. The van der Waals surface area contributed by atoms with Gasteiger partial charge in [-0.3, -0.25) is 4.79 Å². The third-order valence-corrected chi connectivity index (χ3v) is 7.15. The first kappa shape index (κ1) is 21.9. The van der Waals surface area contributed by atoms with E-state index in [-0.39, 0.29) is 5.78 Å². The number of halogens is 1. The van der Waals surface area contributed by atoms with E-state index < -0.39 is 6.04 Å². The zero-order valence-corrected chi connectivity index (χ0v) is 19.9. The Morgan fingerprint density at radius 1 is 1.18 bits per heavy atom. The van der Waals surface area contributed by atoms with Gasteiger partial charge in [-0.1, -0.05) is 41.6 Å². The van der Waals surface area contributed by atoms with Gasteiger partial charge in [-0.25, -0.2) is 4.68 Å². The van der Waals surface area contributed by atoms with Crippen LogP contribution in [0.5, 0.6) is 11.5 Å². The first-order valence-electron chi connectivity index (χ1n) is 10.7. The number of thioether (sulfide) groups is 1. The van der Waals surface area contributed by atoms with Crippen LogP contribution in [0.2, 0.25) is 5.02 Å². The van der Waals surface area contributed by atoms with Crippen LogP contribution in [0.3, 0.4) is 0 Å². The lowest BCUT2D eigenvalue weighted by molar-refractivity contribution is -0.116. The van der Waals surface area contributed by atoms with Gasteiger partial charge in [0.05, 0.1) is 14.2 Å². The summed E-state index contributed by atoms with van der Waals surface area (Å²) in [4.78, 5) is 17.8. The number of aromatic nitrogens is 3. The van der Waals surface area contributed by atoms with Crippen molar-refractivity contribution in [2.45, 2.75) is 36.2 Å². The van der Waals surface area contributed by atoms with E-state index in [9.17, 15) is 4.79 Å². The molecule has 7 nitrogen and oxygen atoms in total. The van der Waals surface area contributed by atoms with E-state index >= 15 is 0 Å². The van der Waals surface area contributed by atoms with Crippen LogP contribution < -0.4 is 14.8 Å². The van der Waals surface area contributed by atoms with Crippen molar-refractivity contribution in [3.8, 4) is 11.5 Å². The van der Waals surface area contributed by atoms with E-state index in [0.717, 1.165) is 29.7 Å². The Morgan fingerprint density at radius 3 is 2.82 bits per heavy atom. The molecule has 0 amide bonds. The van der Waals surface area contributed by atoms with Crippen LogP contribution in [0.25, 0.3) is 0 Å². The van der Waals surface area contributed by atoms with Crippen LogP contribution in [0.4, 0.5) is 5.95 Å². The van der Waals surface area contributed by atoms with E-state index in [1.807, 2.05) is 42.5 Å². The summed E-state index contributed by atoms with van der Waals surface area (Å²) in [6.07, 6.45) is 2.12. The number of carbonyl (C=O) groups is 1. The Hall–Kier alpha value is -2.97. The van der Waals surface area contributed by atoms with Crippen molar-refractivity contribution in [1.29, 1.82) is 0 Å². The number of Topliss-reactive ketones (excluding diaryl/α,β-unsaturated/α-hetero) is 1. The molecular weight excluding hydrogens is 460 g/mol. The summed E-state index contributed by atoms with van der Waals surface area (Å²) >= 11 is 7.82. The maximum atomic E-state index is 13.1. The van der Waals surface area contributed by atoms with Gasteiger partial charge in [0.15, 0.2) is 5.78 Å². The summed E-state index contributed by atoms with van der Waals surface area (Å²) in [5, 5.41) is 9.48. The number of carbonyl (C=O) groups excluding carboxylic acids is 1.